The number of carbonyl (C=O) groups is 1. The molecule has 0 aliphatic rings. The van der Waals surface area contributed by atoms with Crippen LogP contribution in [0.3, 0.4) is 0 Å². The van der Waals surface area contributed by atoms with Crippen LogP contribution in [0.15, 0.2) is 40.0 Å². The number of aromatic nitrogens is 2. The standard InChI is InChI=1S/C16H16N2O3S/c1-3-12(16(19)20-4-2)22-15-14-13(17-9-18-15)10-7-5-6-8-11(10)21-14/h5-9,12H,3-4H2,1-2H3. The van der Waals surface area contributed by atoms with Gasteiger partial charge in [0, 0.05) is 5.39 Å². The minimum atomic E-state index is -0.300. The minimum absolute atomic E-state index is 0.224. The fourth-order valence-electron chi connectivity index (χ4n) is 2.25. The molecule has 5 nitrogen and oxygen atoms in total. The Morgan fingerprint density at radius 2 is 2.14 bits per heavy atom. The Labute approximate surface area is 132 Å². The van der Waals surface area contributed by atoms with Crippen molar-refractivity contribution in [3.05, 3.63) is 30.6 Å². The molecule has 0 amide bonds. The summed E-state index contributed by atoms with van der Waals surface area (Å²) in [6.45, 7) is 4.13. The molecule has 2 aromatic heterocycles. The first kappa shape index (κ1) is 14.8. The topological polar surface area (TPSA) is 65.2 Å². The highest BCUT2D eigenvalue weighted by molar-refractivity contribution is 8.00. The van der Waals surface area contributed by atoms with Crippen LogP contribution in [0, 0.1) is 0 Å². The van der Waals surface area contributed by atoms with Gasteiger partial charge in [0.2, 0.25) is 0 Å². The van der Waals surface area contributed by atoms with Crippen molar-refractivity contribution >= 4 is 39.8 Å². The smallest absolute Gasteiger partial charge is 0.319 e. The monoisotopic (exact) mass is 316 g/mol. The second-order valence-electron chi connectivity index (χ2n) is 4.72. The lowest BCUT2D eigenvalue weighted by molar-refractivity contribution is -0.142. The zero-order chi connectivity index (χ0) is 15.5. The number of para-hydroxylation sites is 1. The summed E-state index contributed by atoms with van der Waals surface area (Å²) in [6, 6.07) is 7.72. The van der Waals surface area contributed by atoms with Crippen LogP contribution in [-0.2, 0) is 9.53 Å². The number of benzene rings is 1. The van der Waals surface area contributed by atoms with Gasteiger partial charge in [-0.25, -0.2) is 9.97 Å². The molecule has 0 aliphatic heterocycles. The molecule has 0 saturated carbocycles. The Morgan fingerprint density at radius 1 is 1.32 bits per heavy atom. The van der Waals surface area contributed by atoms with Gasteiger partial charge in [0.15, 0.2) is 5.58 Å². The second-order valence-corrected chi connectivity index (χ2v) is 5.91. The molecule has 114 valence electrons. The third kappa shape index (κ3) is 2.66. The molecule has 3 rings (SSSR count). The molecule has 6 heteroatoms. The maximum absolute atomic E-state index is 12.0. The molecule has 1 aromatic carbocycles. The lowest BCUT2D eigenvalue weighted by Gasteiger charge is -2.12. The summed E-state index contributed by atoms with van der Waals surface area (Å²) >= 11 is 1.36. The van der Waals surface area contributed by atoms with Crippen LogP contribution < -0.4 is 0 Å². The van der Waals surface area contributed by atoms with Crippen molar-refractivity contribution in [2.24, 2.45) is 0 Å². The summed E-state index contributed by atoms with van der Waals surface area (Å²) in [7, 11) is 0. The van der Waals surface area contributed by atoms with Gasteiger partial charge in [-0.15, -0.1) is 0 Å². The molecule has 0 bridgehead atoms. The molecular formula is C16H16N2O3S. The lowest BCUT2D eigenvalue weighted by atomic mass is 10.2. The van der Waals surface area contributed by atoms with E-state index in [1.807, 2.05) is 31.2 Å². The number of nitrogens with zero attached hydrogens (tertiary/aromatic N) is 2. The number of rotatable bonds is 5. The van der Waals surface area contributed by atoms with Crippen LogP contribution >= 0.6 is 11.8 Å². The molecule has 0 spiro atoms. The summed E-state index contributed by atoms with van der Waals surface area (Å²) in [5.74, 6) is -0.224. The predicted octanol–water partition coefficient (Wildman–Crippen LogP) is 3.81. The largest absolute Gasteiger partial charge is 0.465 e. The van der Waals surface area contributed by atoms with E-state index in [9.17, 15) is 4.79 Å². The lowest BCUT2D eigenvalue weighted by Crippen LogP contribution is -2.19. The van der Waals surface area contributed by atoms with Gasteiger partial charge in [-0.1, -0.05) is 30.8 Å². The maximum Gasteiger partial charge on any atom is 0.319 e. The third-order valence-electron chi connectivity index (χ3n) is 3.30. The summed E-state index contributed by atoms with van der Waals surface area (Å²) in [5, 5.41) is 1.32. The number of carbonyl (C=O) groups excluding carboxylic acids is 1. The molecule has 22 heavy (non-hydrogen) atoms. The Balaban J connectivity index is 2.01. The van der Waals surface area contributed by atoms with Crippen LogP contribution in [0.25, 0.3) is 22.1 Å². The molecule has 1 atom stereocenters. The highest BCUT2D eigenvalue weighted by atomic mass is 32.2. The summed E-state index contributed by atoms with van der Waals surface area (Å²) in [4.78, 5) is 20.6. The third-order valence-corrected chi connectivity index (χ3v) is 4.62. The maximum atomic E-state index is 12.0. The van der Waals surface area contributed by atoms with E-state index in [4.69, 9.17) is 9.15 Å². The zero-order valence-corrected chi connectivity index (χ0v) is 13.2. The van der Waals surface area contributed by atoms with Crippen molar-refractivity contribution in [1.29, 1.82) is 0 Å². The van der Waals surface area contributed by atoms with Crippen LogP contribution in [0.2, 0.25) is 0 Å². The number of hydrogen-bond donors (Lipinski definition) is 0. The Bertz CT molecular complexity index is 815. The van der Waals surface area contributed by atoms with Crippen LogP contribution in [0.5, 0.6) is 0 Å². The molecule has 1 unspecified atom stereocenters. The molecule has 0 saturated heterocycles. The number of hydrogen-bond acceptors (Lipinski definition) is 6. The van der Waals surface area contributed by atoms with Gasteiger partial charge < -0.3 is 9.15 Å². The Kier molecular flexibility index (Phi) is 4.29. The quantitative estimate of drug-likeness (QED) is 0.405. The molecule has 2 heterocycles. The van der Waals surface area contributed by atoms with E-state index < -0.39 is 0 Å². The molecule has 3 aromatic rings. The van der Waals surface area contributed by atoms with Gasteiger partial charge in [-0.2, -0.15) is 0 Å². The first-order valence-corrected chi connectivity index (χ1v) is 8.08. The van der Waals surface area contributed by atoms with E-state index in [-0.39, 0.29) is 11.2 Å². The van der Waals surface area contributed by atoms with Gasteiger partial charge >= 0.3 is 5.97 Å². The number of esters is 1. The van der Waals surface area contributed by atoms with Crippen LogP contribution in [0.1, 0.15) is 20.3 Å². The van der Waals surface area contributed by atoms with Crippen LogP contribution in [0.4, 0.5) is 0 Å². The fraction of sp³-hybridized carbons (Fsp3) is 0.312. The molecular weight excluding hydrogens is 300 g/mol. The van der Waals surface area contributed by atoms with Crippen molar-refractivity contribution in [3.8, 4) is 0 Å². The SMILES string of the molecule is CCOC(=O)C(CC)Sc1ncnc2c1oc1ccccc12. The highest BCUT2D eigenvalue weighted by Gasteiger charge is 2.23. The van der Waals surface area contributed by atoms with E-state index in [1.54, 1.807) is 6.92 Å². The Morgan fingerprint density at radius 3 is 2.91 bits per heavy atom. The van der Waals surface area contributed by atoms with E-state index in [0.29, 0.717) is 23.6 Å². The zero-order valence-electron chi connectivity index (χ0n) is 12.4. The van der Waals surface area contributed by atoms with E-state index in [1.165, 1.54) is 18.1 Å². The average Bonchev–Trinajstić information content (AvgIpc) is 2.92. The molecule has 0 N–H and O–H groups in total. The summed E-state index contributed by atoms with van der Waals surface area (Å²) in [6.07, 6.45) is 2.17. The van der Waals surface area contributed by atoms with Crippen molar-refractivity contribution in [3.63, 3.8) is 0 Å². The number of thioether (sulfide) groups is 1. The normalized spacial score (nSPS) is 12.6. The van der Waals surface area contributed by atoms with Gasteiger partial charge in [-0.05, 0) is 25.5 Å². The second kappa shape index (κ2) is 6.36. The number of fused-ring (bicyclic) bond motifs is 3. The predicted molar refractivity (Wildman–Crippen MR) is 85.9 cm³/mol. The van der Waals surface area contributed by atoms with Gasteiger partial charge in [0.25, 0.3) is 0 Å². The Hall–Kier alpha value is -2.08. The van der Waals surface area contributed by atoms with Gasteiger partial charge in [0.05, 0.1) is 6.61 Å². The van der Waals surface area contributed by atoms with Gasteiger partial charge in [0.1, 0.15) is 27.7 Å². The van der Waals surface area contributed by atoms with Crippen molar-refractivity contribution in [1.82, 2.24) is 9.97 Å². The van der Waals surface area contributed by atoms with Crippen molar-refractivity contribution in [2.75, 3.05) is 6.61 Å². The van der Waals surface area contributed by atoms with Gasteiger partial charge in [-0.3, -0.25) is 4.79 Å². The minimum Gasteiger partial charge on any atom is -0.465 e. The molecule has 0 fully saturated rings. The first-order chi connectivity index (χ1) is 10.7. The van der Waals surface area contributed by atoms with E-state index in [0.717, 1.165) is 16.5 Å². The van der Waals surface area contributed by atoms with E-state index >= 15 is 0 Å². The molecule has 0 radical (unpaired) electrons. The van der Waals surface area contributed by atoms with E-state index in [2.05, 4.69) is 9.97 Å². The van der Waals surface area contributed by atoms with Crippen LogP contribution in [-0.4, -0.2) is 27.8 Å². The highest BCUT2D eigenvalue weighted by Crippen LogP contribution is 2.34. The molecule has 0 aliphatic carbocycles. The first-order valence-electron chi connectivity index (χ1n) is 7.20. The summed E-state index contributed by atoms with van der Waals surface area (Å²) in [5.41, 5.74) is 2.16. The average molecular weight is 316 g/mol. The van der Waals surface area contributed by atoms with Crippen molar-refractivity contribution < 1.29 is 13.9 Å². The number of furan rings is 1. The summed E-state index contributed by atoms with van der Waals surface area (Å²) < 4.78 is 11.0. The number of ether oxygens (including phenoxy) is 1. The fourth-order valence-corrected chi connectivity index (χ4v) is 3.21. The van der Waals surface area contributed by atoms with Crippen molar-refractivity contribution in [2.45, 2.75) is 30.5 Å².